The number of fused-ring (bicyclic) bond motifs is 1. The number of rotatable bonds is 5. The molecule has 0 aliphatic heterocycles. The van der Waals surface area contributed by atoms with Crippen molar-refractivity contribution in [3.05, 3.63) is 49.3 Å². The predicted molar refractivity (Wildman–Crippen MR) is 108 cm³/mol. The summed E-state index contributed by atoms with van der Waals surface area (Å²) in [5.41, 5.74) is 0.851. The quantitative estimate of drug-likeness (QED) is 0.620. The smallest absolute Gasteiger partial charge is 0.339 e. The molecule has 1 unspecified atom stereocenters. The summed E-state index contributed by atoms with van der Waals surface area (Å²) in [6, 6.07) is 2.91. The van der Waals surface area contributed by atoms with Gasteiger partial charge in [-0.1, -0.05) is 11.6 Å². The highest BCUT2D eigenvalue weighted by Gasteiger charge is 2.21. The Kier molecular flexibility index (Phi) is 5.62. The van der Waals surface area contributed by atoms with Crippen molar-refractivity contribution in [3.63, 3.8) is 0 Å². The van der Waals surface area contributed by atoms with Crippen LogP contribution in [0.25, 0.3) is 10.2 Å². The lowest BCUT2D eigenvalue weighted by Crippen LogP contribution is -2.17. The highest BCUT2D eigenvalue weighted by molar-refractivity contribution is 7.18. The maximum atomic E-state index is 12.6. The van der Waals surface area contributed by atoms with E-state index in [1.165, 1.54) is 37.7 Å². The van der Waals surface area contributed by atoms with Crippen molar-refractivity contribution in [2.75, 3.05) is 14.2 Å². The minimum absolute atomic E-state index is 0.195. The molecule has 0 saturated carbocycles. The van der Waals surface area contributed by atoms with Gasteiger partial charge in [-0.15, -0.1) is 11.3 Å². The first kappa shape index (κ1) is 20.2. The first-order valence-corrected chi connectivity index (χ1v) is 9.58. The number of methoxy groups -OCH3 is 2. The van der Waals surface area contributed by atoms with Crippen LogP contribution in [-0.4, -0.2) is 30.2 Å². The SMILES string of the molecule is COc1cc(C(=O)OC(C)c2nc3sc(C)c(C)c3c(=O)[nH]2)cc(Cl)c1OC. The third-order valence-corrected chi connectivity index (χ3v) is 5.78. The number of esters is 1. The van der Waals surface area contributed by atoms with Crippen LogP contribution in [0.5, 0.6) is 11.5 Å². The highest BCUT2D eigenvalue weighted by atomic mass is 35.5. The number of hydrogen-bond acceptors (Lipinski definition) is 7. The van der Waals surface area contributed by atoms with Crippen molar-refractivity contribution < 1.29 is 19.0 Å². The normalized spacial score (nSPS) is 12.1. The van der Waals surface area contributed by atoms with E-state index in [0.29, 0.717) is 21.7 Å². The fourth-order valence-electron chi connectivity index (χ4n) is 2.78. The maximum Gasteiger partial charge on any atom is 0.339 e. The van der Waals surface area contributed by atoms with E-state index < -0.39 is 12.1 Å². The average Bonchev–Trinajstić information content (AvgIpc) is 2.95. The van der Waals surface area contributed by atoms with Gasteiger partial charge in [0.2, 0.25) is 0 Å². The Bertz CT molecular complexity index is 1120. The molecule has 148 valence electrons. The molecular formula is C19H19ClN2O5S. The molecule has 1 N–H and O–H groups in total. The van der Waals surface area contributed by atoms with E-state index in [4.69, 9.17) is 25.8 Å². The molecule has 2 heterocycles. The van der Waals surface area contributed by atoms with Crippen LogP contribution < -0.4 is 15.0 Å². The summed E-state index contributed by atoms with van der Waals surface area (Å²) < 4.78 is 15.8. The van der Waals surface area contributed by atoms with Crippen LogP contribution in [0.3, 0.4) is 0 Å². The molecule has 0 spiro atoms. The zero-order valence-electron chi connectivity index (χ0n) is 16.0. The minimum Gasteiger partial charge on any atom is -0.493 e. The Balaban J connectivity index is 1.90. The van der Waals surface area contributed by atoms with E-state index in [-0.39, 0.29) is 22.0 Å². The van der Waals surface area contributed by atoms with Gasteiger partial charge in [-0.3, -0.25) is 4.79 Å². The Hall–Kier alpha value is -2.58. The Labute approximate surface area is 170 Å². The summed E-state index contributed by atoms with van der Waals surface area (Å²) in [6.07, 6.45) is -0.765. The van der Waals surface area contributed by atoms with Crippen molar-refractivity contribution in [2.45, 2.75) is 26.9 Å². The van der Waals surface area contributed by atoms with Crippen LogP contribution in [0, 0.1) is 13.8 Å². The maximum absolute atomic E-state index is 12.6. The van der Waals surface area contributed by atoms with E-state index in [1.54, 1.807) is 6.92 Å². The van der Waals surface area contributed by atoms with Crippen LogP contribution in [0.1, 0.15) is 39.7 Å². The number of aromatic nitrogens is 2. The molecular weight excluding hydrogens is 404 g/mol. The second-order valence-electron chi connectivity index (χ2n) is 6.16. The topological polar surface area (TPSA) is 90.5 Å². The second kappa shape index (κ2) is 7.81. The van der Waals surface area contributed by atoms with Gasteiger partial charge in [0.05, 0.1) is 30.2 Å². The number of nitrogens with one attached hydrogen (secondary N) is 1. The van der Waals surface area contributed by atoms with Crippen molar-refractivity contribution in [2.24, 2.45) is 0 Å². The lowest BCUT2D eigenvalue weighted by Gasteiger charge is -2.14. The van der Waals surface area contributed by atoms with Crippen molar-refractivity contribution in [1.82, 2.24) is 9.97 Å². The molecule has 0 bridgehead atoms. The molecule has 9 heteroatoms. The predicted octanol–water partition coefficient (Wildman–Crippen LogP) is 4.19. The van der Waals surface area contributed by atoms with Crippen molar-refractivity contribution in [3.8, 4) is 11.5 Å². The summed E-state index contributed by atoms with van der Waals surface area (Å²) >= 11 is 7.57. The number of halogens is 1. The number of nitrogens with zero attached hydrogens (tertiary/aromatic N) is 1. The fraction of sp³-hybridized carbons (Fsp3) is 0.316. The number of aromatic amines is 1. The van der Waals surface area contributed by atoms with Gasteiger partial charge in [0, 0.05) is 4.88 Å². The Morgan fingerprint density at radius 3 is 2.61 bits per heavy atom. The number of benzene rings is 1. The van der Waals surface area contributed by atoms with Crippen LogP contribution in [0.15, 0.2) is 16.9 Å². The Morgan fingerprint density at radius 2 is 1.96 bits per heavy atom. The highest BCUT2D eigenvalue weighted by Crippen LogP contribution is 2.36. The number of aryl methyl sites for hydroxylation is 2. The summed E-state index contributed by atoms with van der Waals surface area (Å²) in [7, 11) is 2.90. The van der Waals surface area contributed by atoms with E-state index in [1.807, 2.05) is 13.8 Å². The number of thiophene rings is 1. The summed E-state index contributed by atoms with van der Waals surface area (Å²) in [6.45, 7) is 5.46. The molecule has 0 amide bonds. The Morgan fingerprint density at radius 1 is 1.25 bits per heavy atom. The first-order chi connectivity index (χ1) is 13.3. The molecule has 0 aliphatic rings. The van der Waals surface area contributed by atoms with Crippen LogP contribution in [0.4, 0.5) is 0 Å². The standard InChI is InChI=1S/C19H19ClN2O5S/c1-8-10(3)28-18-14(8)17(23)21-16(22-18)9(2)27-19(24)11-6-12(20)15(26-5)13(7-11)25-4/h6-7,9H,1-5H3,(H,21,22,23). The third-order valence-electron chi connectivity index (χ3n) is 4.40. The summed E-state index contributed by atoms with van der Waals surface area (Å²) in [4.78, 5) is 33.8. The zero-order chi connectivity index (χ0) is 20.6. The molecule has 3 rings (SSSR count). The summed E-state index contributed by atoms with van der Waals surface area (Å²) in [5, 5.41) is 0.787. The van der Waals surface area contributed by atoms with E-state index in [2.05, 4.69) is 9.97 Å². The zero-order valence-corrected chi connectivity index (χ0v) is 17.6. The van der Waals surface area contributed by atoms with Crippen molar-refractivity contribution >= 4 is 39.1 Å². The van der Waals surface area contributed by atoms with E-state index in [9.17, 15) is 9.59 Å². The van der Waals surface area contributed by atoms with E-state index >= 15 is 0 Å². The molecule has 0 radical (unpaired) electrons. The van der Waals surface area contributed by atoms with E-state index in [0.717, 1.165) is 10.4 Å². The van der Waals surface area contributed by atoms with Gasteiger partial charge in [-0.05, 0) is 38.5 Å². The first-order valence-electron chi connectivity index (χ1n) is 8.39. The molecule has 3 aromatic rings. The van der Waals surface area contributed by atoms with Crippen LogP contribution in [0.2, 0.25) is 5.02 Å². The van der Waals surface area contributed by atoms with Crippen LogP contribution in [-0.2, 0) is 4.74 Å². The largest absolute Gasteiger partial charge is 0.493 e. The molecule has 2 aromatic heterocycles. The van der Waals surface area contributed by atoms with Gasteiger partial charge in [0.1, 0.15) is 4.83 Å². The molecule has 28 heavy (non-hydrogen) atoms. The second-order valence-corrected chi connectivity index (χ2v) is 7.77. The molecule has 1 aromatic carbocycles. The molecule has 0 fully saturated rings. The third kappa shape index (κ3) is 3.57. The number of H-pyrrole nitrogens is 1. The number of ether oxygens (including phenoxy) is 3. The van der Waals surface area contributed by atoms with Gasteiger partial charge in [-0.25, -0.2) is 9.78 Å². The molecule has 0 aliphatic carbocycles. The van der Waals surface area contributed by atoms with Gasteiger partial charge >= 0.3 is 5.97 Å². The van der Waals surface area contributed by atoms with Gasteiger partial charge in [0.15, 0.2) is 23.4 Å². The van der Waals surface area contributed by atoms with Crippen molar-refractivity contribution in [1.29, 1.82) is 0 Å². The number of carbonyl (C=O) groups is 1. The lowest BCUT2D eigenvalue weighted by molar-refractivity contribution is 0.0319. The number of hydrogen-bond donors (Lipinski definition) is 1. The van der Waals surface area contributed by atoms with Gasteiger partial charge in [0.25, 0.3) is 5.56 Å². The minimum atomic E-state index is -0.765. The fourth-order valence-corrected chi connectivity index (χ4v) is 4.11. The summed E-state index contributed by atoms with van der Waals surface area (Å²) in [5.74, 6) is 0.288. The van der Waals surface area contributed by atoms with Crippen LogP contribution >= 0.6 is 22.9 Å². The molecule has 7 nitrogen and oxygen atoms in total. The molecule has 0 saturated heterocycles. The number of carbonyl (C=O) groups excluding carboxylic acids is 1. The van der Waals surface area contributed by atoms with Gasteiger partial charge in [-0.2, -0.15) is 0 Å². The lowest BCUT2D eigenvalue weighted by atomic mass is 10.2. The van der Waals surface area contributed by atoms with Gasteiger partial charge < -0.3 is 19.2 Å². The average molecular weight is 423 g/mol. The monoisotopic (exact) mass is 422 g/mol. The molecule has 1 atom stereocenters.